The SMILES string of the molecule is CSc1cccc(Oc2ncccc2C(C)=O)c1. The normalized spacial score (nSPS) is 10.1. The monoisotopic (exact) mass is 259 g/mol. The highest BCUT2D eigenvalue weighted by Gasteiger charge is 2.10. The highest BCUT2D eigenvalue weighted by atomic mass is 32.2. The van der Waals surface area contributed by atoms with Crippen LogP contribution in [0.2, 0.25) is 0 Å². The van der Waals surface area contributed by atoms with Crippen molar-refractivity contribution >= 4 is 17.5 Å². The fourth-order valence-electron chi connectivity index (χ4n) is 1.52. The number of carbonyl (C=O) groups is 1. The Morgan fingerprint density at radius 2 is 2.11 bits per heavy atom. The molecule has 0 saturated carbocycles. The first-order chi connectivity index (χ1) is 8.70. The number of carbonyl (C=O) groups excluding carboxylic acids is 1. The van der Waals surface area contributed by atoms with Gasteiger partial charge in [0.1, 0.15) is 5.75 Å². The van der Waals surface area contributed by atoms with Crippen LogP contribution in [0.5, 0.6) is 11.6 Å². The summed E-state index contributed by atoms with van der Waals surface area (Å²) in [6.07, 6.45) is 3.61. The largest absolute Gasteiger partial charge is 0.438 e. The molecule has 1 heterocycles. The Bertz CT molecular complexity index is 569. The van der Waals surface area contributed by atoms with Gasteiger partial charge in [0.25, 0.3) is 0 Å². The summed E-state index contributed by atoms with van der Waals surface area (Å²) in [6.45, 7) is 1.50. The highest BCUT2D eigenvalue weighted by Crippen LogP contribution is 2.26. The molecule has 0 amide bonds. The van der Waals surface area contributed by atoms with Crippen molar-refractivity contribution in [1.29, 1.82) is 0 Å². The number of thioether (sulfide) groups is 1. The molecule has 1 aromatic carbocycles. The number of ketones is 1. The lowest BCUT2D eigenvalue weighted by molar-refractivity contribution is 0.101. The van der Waals surface area contributed by atoms with Crippen LogP contribution in [-0.2, 0) is 0 Å². The summed E-state index contributed by atoms with van der Waals surface area (Å²) >= 11 is 1.64. The molecule has 0 fully saturated rings. The minimum atomic E-state index is -0.0564. The quantitative estimate of drug-likeness (QED) is 0.618. The van der Waals surface area contributed by atoms with E-state index in [4.69, 9.17) is 4.74 Å². The van der Waals surface area contributed by atoms with E-state index in [0.29, 0.717) is 17.2 Å². The van der Waals surface area contributed by atoms with Crippen LogP contribution in [0.3, 0.4) is 0 Å². The standard InChI is InChI=1S/C14H13NO2S/c1-10(16)13-7-4-8-15-14(13)17-11-5-3-6-12(9-11)18-2/h3-9H,1-2H3. The zero-order valence-corrected chi connectivity index (χ0v) is 11.0. The molecule has 0 saturated heterocycles. The molecular weight excluding hydrogens is 246 g/mol. The smallest absolute Gasteiger partial charge is 0.230 e. The summed E-state index contributed by atoms with van der Waals surface area (Å²) < 4.78 is 5.67. The first-order valence-electron chi connectivity index (χ1n) is 5.48. The maximum Gasteiger partial charge on any atom is 0.230 e. The summed E-state index contributed by atoms with van der Waals surface area (Å²) in [4.78, 5) is 16.7. The van der Waals surface area contributed by atoms with E-state index < -0.39 is 0 Å². The van der Waals surface area contributed by atoms with Crippen molar-refractivity contribution in [2.75, 3.05) is 6.26 Å². The third-order valence-corrected chi connectivity index (χ3v) is 3.13. The molecule has 0 bridgehead atoms. The minimum absolute atomic E-state index is 0.0564. The van der Waals surface area contributed by atoms with Crippen molar-refractivity contribution in [3.8, 4) is 11.6 Å². The number of benzene rings is 1. The predicted molar refractivity (Wildman–Crippen MR) is 72.5 cm³/mol. The topological polar surface area (TPSA) is 39.2 Å². The number of pyridine rings is 1. The molecule has 4 heteroatoms. The van der Waals surface area contributed by atoms with Crippen molar-refractivity contribution < 1.29 is 9.53 Å². The van der Waals surface area contributed by atoms with Gasteiger partial charge in [0, 0.05) is 11.1 Å². The molecule has 0 N–H and O–H groups in total. The Morgan fingerprint density at radius 3 is 2.83 bits per heavy atom. The van der Waals surface area contributed by atoms with Crippen molar-refractivity contribution in [2.24, 2.45) is 0 Å². The van der Waals surface area contributed by atoms with E-state index in [9.17, 15) is 4.79 Å². The molecule has 92 valence electrons. The van der Waals surface area contributed by atoms with Gasteiger partial charge in [0.05, 0.1) is 5.56 Å². The van der Waals surface area contributed by atoms with E-state index in [-0.39, 0.29) is 5.78 Å². The molecule has 0 aliphatic rings. The highest BCUT2D eigenvalue weighted by molar-refractivity contribution is 7.98. The van der Waals surface area contributed by atoms with Gasteiger partial charge in [0.15, 0.2) is 5.78 Å². The summed E-state index contributed by atoms with van der Waals surface area (Å²) in [5, 5.41) is 0. The second kappa shape index (κ2) is 5.69. The Balaban J connectivity index is 2.31. The van der Waals surface area contributed by atoms with Gasteiger partial charge in [-0.2, -0.15) is 0 Å². The summed E-state index contributed by atoms with van der Waals surface area (Å²) in [5.41, 5.74) is 0.493. The zero-order chi connectivity index (χ0) is 13.0. The second-order valence-corrected chi connectivity index (χ2v) is 4.57. The minimum Gasteiger partial charge on any atom is -0.438 e. The van der Waals surface area contributed by atoms with E-state index in [1.165, 1.54) is 6.92 Å². The lowest BCUT2D eigenvalue weighted by Gasteiger charge is -2.08. The van der Waals surface area contributed by atoms with Gasteiger partial charge in [-0.1, -0.05) is 6.07 Å². The van der Waals surface area contributed by atoms with Crippen molar-refractivity contribution in [3.63, 3.8) is 0 Å². The van der Waals surface area contributed by atoms with Crippen molar-refractivity contribution in [1.82, 2.24) is 4.98 Å². The first-order valence-corrected chi connectivity index (χ1v) is 6.71. The average molecular weight is 259 g/mol. The maximum atomic E-state index is 11.5. The number of rotatable bonds is 4. The van der Waals surface area contributed by atoms with Crippen LogP contribution in [-0.4, -0.2) is 17.0 Å². The number of nitrogens with zero attached hydrogens (tertiary/aromatic N) is 1. The van der Waals surface area contributed by atoms with Crippen molar-refractivity contribution in [2.45, 2.75) is 11.8 Å². The van der Waals surface area contributed by atoms with E-state index in [1.807, 2.05) is 30.5 Å². The molecule has 3 nitrogen and oxygen atoms in total. The molecule has 0 unspecified atom stereocenters. The van der Waals surface area contributed by atoms with Gasteiger partial charge in [-0.15, -0.1) is 11.8 Å². The van der Waals surface area contributed by atoms with Crippen LogP contribution in [0.4, 0.5) is 0 Å². The molecule has 0 aliphatic carbocycles. The molecule has 0 spiro atoms. The molecule has 0 aliphatic heterocycles. The Labute approximate surface area is 110 Å². The average Bonchev–Trinajstić information content (AvgIpc) is 2.39. The van der Waals surface area contributed by atoms with Gasteiger partial charge < -0.3 is 4.74 Å². The Hall–Kier alpha value is -1.81. The molecular formula is C14H13NO2S. The third-order valence-electron chi connectivity index (χ3n) is 2.41. The van der Waals surface area contributed by atoms with Crippen LogP contribution < -0.4 is 4.74 Å². The van der Waals surface area contributed by atoms with Gasteiger partial charge in [-0.3, -0.25) is 4.79 Å². The zero-order valence-electron chi connectivity index (χ0n) is 10.2. The first kappa shape index (κ1) is 12.6. The Kier molecular flexibility index (Phi) is 3.99. The maximum absolute atomic E-state index is 11.5. The van der Waals surface area contributed by atoms with E-state index in [2.05, 4.69) is 4.98 Å². The number of aromatic nitrogens is 1. The van der Waals surface area contributed by atoms with E-state index >= 15 is 0 Å². The number of Topliss-reactive ketones (excluding diaryl/α,β-unsaturated/α-hetero) is 1. The van der Waals surface area contributed by atoms with E-state index in [0.717, 1.165) is 4.90 Å². The third kappa shape index (κ3) is 2.90. The van der Waals surface area contributed by atoms with Gasteiger partial charge in [-0.25, -0.2) is 4.98 Å². The van der Waals surface area contributed by atoms with Crippen molar-refractivity contribution in [3.05, 3.63) is 48.2 Å². The number of hydrogen-bond acceptors (Lipinski definition) is 4. The van der Waals surface area contributed by atoms with Gasteiger partial charge in [-0.05, 0) is 43.5 Å². The molecule has 2 aromatic rings. The van der Waals surface area contributed by atoms with Crippen LogP contribution in [0.1, 0.15) is 17.3 Å². The van der Waals surface area contributed by atoms with Crippen LogP contribution in [0.25, 0.3) is 0 Å². The fraction of sp³-hybridized carbons (Fsp3) is 0.143. The number of ether oxygens (including phenoxy) is 1. The summed E-state index contributed by atoms with van der Waals surface area (Å²) in [6, 6.07) is 11.1. The molecule has 0 radical (unpaired) electrons. The second-order valence-electron chi connectivity index (χ2n) is 3.69. The van der Waals surface area contributed by atoms with Crippen LogP contribution >= 0.6 is 11.8 Å². The Morgan fingerprint density at radius 1 is 1.28 bits per heavy atom. The predicted octanol–water partition coefficient (Wildman–Crippen LogP) is 3.80. The fourth-order valence-corrected chi connectivity index (χ4v) is 1.97. The number of hydrogen-bond donors (Lipinski definition) is 0. The molecule has 0 atom stereocenters. The molecule has 2 rings (SSSR count). The van der Waals surface area contributed by atoms with E-state index in [1.54, 1.807) is 30.1 Å². The van der Waals surface area contributed by atoms with Gasteiger partial charge in [0.2, 0.25) is 5.88 Å². The van der Waals surface area contributed by atoms with Crippen LogP contribution in [0.15, 0.2) is 47.5 Å². The lowest BCUT2D eigenvalue weighted by atomic mass is 10.2. The van der Waals surface area contributed by atoms with Crippen LogP contribution in [0, 0.1) is 0 Å². The van der Waals surface area contributed by atoms with Gasteiger partial charge >= 0.3 is 0 Å². The summed E-state index contributed by atoms with van der Waals surface area (Å²) in [7, 11) is 0. The lowest BCUT2D eigenvalue weighted by Crippen LogP contribution is -1.98. The molecule has 1 aromatic heterocycles. The molecule has 18 heavy (non-hydrogen) atoms. The summed E-state index contributed by atoms with van der Waals surface area (Å²) in [5.74, 6) is 0.977.